The van der Waals surface area contributed by atoms with Crippen molar-refractivity contribution in [3.63, 3.8) is 0 Å². The molecule has 0 saturated carbocycles. The van der Waals surface area contributed by atoms with Crippen molar-refractivity contribution in [2.24, 2.45) is 10.2 Å². The number of amides is 2. The van der Waals surface area contributed by atoms with Gasteiger partial charge < -0.3 is 9.47 Å². The minimum absolute atomic E-state index is 0.469. The maximum Gasteiger partial charge on any atom is 0.331 e. The lowest BCUT2D eigenvalue weighted by molar-refractivity contribution is -0.139. The molecule has 0 fully saturated rings. The number of hydrogen-bond acceptors (Lipinski definition) is 6. The summed E-state index contributed by atoms with van der Waals surface area (Å²) in [6, 6.07) is 34.1. The summed E-state index contributed by atoms with van der Waals surface area (Å²) < 4.78 is 11.5. The van der Waals surface area contributed by atoms with Gasteiger partial charge in [-0.15, -0.1) is 0 Å². The van der Waals surface area contributed by atoms with E-state index in [4.69, 9.17) is 9.47 Å². The molecular formula is C30H26N4O4. The van der Waals surface area contributed by atoms with Gasteiger partial charge in [-0.1, -0.05) is 60.7 Å². The molecule has 4 rings (SSSR count). The zero-order valence-electron chi connectivity index (χ0n) is 20.5. The Hall–Kier alpha value is -5.24. The van der Waals surface area contributed by atoms with E-state index in [0.29, 0.717) is 24.7 Å². The summed E-state index contributed by atoms with van der Waals surface area (Å²) in [6.45, 7) is 0.937. The van der Waals surface area contributed by atoms with E-state index in [1.807, 2.05) is 60.7 Å². The van der Waals surface area contributed by atoms with Crippen LogP contribution in [0.15, 0.2) is 119 Å². The highest BCUT2D eigenvalue weighted by atomic mass is 16.5. The molecule has 0 unspecified atom stereocenters. The Labute approximate surface area is 220 Å². The molecule has 8 heteroatoms. The van der Waals surface area contributed by atoms with Gasteiger partial charge in [-0.25, -0.2) is 10.9 Å². The number of carbonyl (C=O) groups excluding carboxylic acids is 2. The van der Waals surface area contributed by atoms with E-state index in [9.17, 15) is 9.59 Å². The van der Waals surface area contributed by atoms with Crippen LogP contribution in [0.2, 0.25) is 0 Å². The summed E-state index contributed by atoms with van der Waals surface area (Å²) in [5.74, 6) is -0.458. The topological polar surface area (TPSA) is 101 Å². The number of benzene rings is 4. The fourth-order valence-electron chi connectivity index (χ4n) is 3.21. The van der Waals surface area contributed by atoms with Crippen molar-refractivity contribution in [1.82, 2.24) is 10.9 Å². The third-order valence-corrected chi connectivity index (χ3v) is 5.22. The third-order valence-electron chi connectivity index (χ3n) is 5.22. The summed E-state index contributed by atoms with van der Waals surface area (Å²) in [5.41, 5.74) is 7.95. The van der Waals surface area contributed by atoms with Gasteiger partial charge in [0, 0.05) is 0 Å². The van der Waals surface area contributed by atoms with Gasteiger partial charge in [-0.05, 0) is 70.8 Å². The molecule has 2 amide bonds. The molecule has 4 aromatic rings. The molecule has 0 heterocycles. The van der Waals surface area contributed by atoms with E-state index in [2.05, 4.69) is 21.1 Å². The molecule has 38 heavy (non-hydrogen) atoms. The van der Waals surface area contributed by atoms with Crippen molar-refractivity contribution < 1.29 is 19.1 Å². The zero-order valence-corrected chi connectivity index (χ0v) is 20.5. The molecule has 0 atom stereocenters. The smallest absolute Gasteiger partial charge is 0.331 e. The van der Waals surface area contributed by atoms with Gasteiger partial charge >= 0.3 is 11.8 Å². The van der Waals surface area contributed by atoms with Gasteiger partial charge in [0.05, 0.1) is 12.4 Å². The van der Waals surface area contributed by atoms with Crippen LogP contribution in [0.5, 0.6) is 11.5 Å². The molecule has 0 aliphatic carbocycles. The van der Waals surface area contributed by atoms with E-state index in [1.54, 1.807) is 48.5 Å². The molecule has 0 aliphatic heterocycles. The van der Waals surface area contributed by atoms with E-state index in [1.165, 1.54) is 12.4 Å². The Balaban J connectivity index is 1.16. The van der Waals surface area contributed by atoms with Crippen molar-refractivity contribution in [3.8, 4) is 11.5 Å². The number of hydrogen-bond donors (Lipinski definition) is 2. The van der Waals surface area contributed by atoms with E-state index in [0.717, 1.165) is 22.3 Å². The van der Waals surface area contributed by atoms with Gasteiger partial charge in [0.2, 0.25) is 0 Å². The Morgan fingerprint density at radius 1 is 0.553 bits per heavy atom. The van der Waals surface area contributed by atoms with Gasteiger partial charge in [-0.2, -0.15) is 10.2 Å². The predicted molar refractivity (Wildman–Crippen MR) is 146 cm³/mol. The van der Waals surface area contributed by atoms with Gasteiger partial charge in [0.25, 0.3) is 0 Å². The normalized spacial score (nSPS) is 10.8. The average Bonchev–Trinajstić information content (AvgIpc) is 2.97. The molecule has 0 aromatic heterocycles. The summed E-state index contributed by atoms with van der Waals surface area (Å²) in [7, 11) is 0. The number of rotatable bonds is 10. The van der Waals surface area contributed by atoms with Crippen LogP contribution in [0.1, 0.15) is 22.3 Å². The molecule has 4 aromatic carbocycles. The largest absolute Gasteiger partial charge is 0.489 e. The van der Waals surface area contributed by atoms with Crippen molar-refractivity contribution >= 4 is 24.2 Å². The quantitative estimate of drug-likeness (QED) is 0.189. The Morgan fingerprint density at radius 3 is 1.29 bits per heavy atom. The summed E-state index contributed by atoms with van der Waals surface area (Å²) >= 11 is 0. The van der Waals surface area contributed by atoms with Gasteiger partial charge in [0.15, 0.2) is 0 Å². The van der Waals surface area contributed by atoms with E-state index >= 15 is 0 Å². The van der Waals surface area contributed by atoms with Gasteiger partial charge in [0.1, 0.15) is 24.7 Å². The van der Waals surface area contributed by atoms with Crippen LogP contribution in [0.25, 0.3) is 0 Å². The fraction of sp³-hybridized carbons (Fsp3) is 0.0667. The van der Waals surface area contributed by atoms with Crippen LogP contribution in [-0.4, -0.2) is 24.2 Å². The minimum atomic E-state index is -0.939. The lowest BCUT2D eigenvalue weighted by atomic mass is 10.2. The van der Waals surface area contributed by atoms with Crippen LogP contribution >= 0.6 is 0 Å². The summed E-state index contributed by atoms with van der Waals surface area (Å²) in [5, 5.41) is 7.62. The summed E-state index contributed by atoms with van der Waals surface area (Å²) in [6.07, 6.45) is 2.85. The minimum Gasteiger partial charge on any atom is -0.489 e. The number of nitrogens with zero attached hydrogens (tertiary/aromatic N) is 2. The van der Waals surface area contributed by atoms with E-state index < -0.39 is 11.8 Å². The monoisotopic (exact) mass is 506 g/mol. The first-order valence-corrected chi connectivity index (χ1v) is 11.9. The zero-order chi connectivity index (χ0) is 26.4. The highest BCUT2D eigenvalue weighted by molar-refractivity contribution is 6.35. The van der Waals surface area contributed by atoms with Crippen molar-refractivity contribution in [1.29, 1.82) is 0 Å². The van der Waals surface area contributed by atoms with Crippen molar-refractivity contribution in [3.05, 3.63) is 131 Å². The van der Waals surface area contributed by atoms with E-state index in [-0.39, 0.29) is 0 Å². The molecule has 0 aliphatic rings. The van der Waals surface area contributed by atoms with Gasteiger partial charge in [-0.3, -0.25) is 9.59 Å². The van der Waals surface area contributed by atoms with Crippen LogP contribution in [0.4, 0.5) is 0 Å². The lowest BCUT2D eigenvalue weighted by Gasteiger charge is -2.06. The highest BCUT2D eigenvalue weighted by Crippen LogP contribution is 2.14. The SMILES string of the molecule is O=C(NN=Cc1ccc(OCc2ccccc2)cc1)C(=O)NN=Cc1ccc(OCc2ccccc2)cc1. The first kappa shape index (κ1) is 25.8. The second-order valence-corrected chi connectivity index (χ2v) is 8.08. The number of hydrazone groups is 2. The maximum atomic E-state index is 11.9. The lowest BCUT2D eigenvalue weighted by Crippen LogP contribution is -2.35. The molecular weight excluding hydrogens is 480 g/mol. The Morgan fingerprint density at radius 2 is 0.921 bits per heavy atom. The molecule has 0 saturated heterocycles. The molecule has 2 N–H and O–H groups in total. The van der Waals surface area contributed by atoms with Crippen LogP contribution < -0.4 is 20.3 Å². The first-order chi connectivity index (χ1) is 18.7. The first-order valence-electron chi connectivity index (χ1n) is 11.9. The second-order valence-electron chi connectivity index (χ2n) is 8.08. The molecule has 8 nitrogen and oxygen atoms in total. The average molecular weight is 507 g/mol. The number of nitrogens with one attached hydrogen (secondary N) is 2. The third kappa shape index (κ3) is 8.46. The standard InChI is InChI=1S/C30H26N4O4/c35-29(33-31-19-23-11-15-27(16-12-23)37-21-25-7-3-1-4-8-25)30(36)34-32-20-24-13-17-28(18-14-24)38-22-26-9-5-2-6-10-26/h1-20H,21-22H2,(H,33,35)(H,34,36). The van der Waals surface area contributed by atoms with Crippen LogP contribution in [0, 0.1) is 0 Å². The molecule has 0 bridgehead atoms. The number of carbonyl (C=O) groups is 2. The van der Waals surface area contributed by atoms with Crippen LogP contribution in [-0.2, 0) is 22.8 Å². The predicted octanol–water partition coefficient (Wildman–Crippen LogP) is 4.45. The molecule has 0 spiro atoms. The summed E-state index contributed by atoms with van der Waals surface area (Å²) in [4.78, 5) is 23.9. The number of ether oxygens (including phenoxy) is 2. The van der Waals surface area contributed by atoms with Crippen LogP contribution in [0.3, 0.4) is 0 Å². The molecule has 190 valence electrons. The Bertz CT molecular complexity index is 1260. The molecule has 0 radical (unpaired) electrons. The second kappa shape index (κ2) is 13.7. The fourth-order valence-corrected chi connectivity index (χ4v) is 3.21. The van der Waals surface area contributed by atoms with Crippen molar-refractivity contribution in [2.45, 2.75) is 13.2 Å². The van der Waals surface area contributed by atoms with Crippen molar-refractivity contribution in [2.75, 3.05) is 0 Å². The highest BCUT2D eigenvalue weighted by Gasteiger charge is 2.11. The Kier molecular flexibility index (Phi) is 9.35. The maximum absolute atomic E-state index is 11.9.